The fourth-order valence-corrected chi connectivity index (χ4v) is 1.74. The minimum absolute atomic E-state index is 0.217. The quantitative estimate of drug-likeness (QED) is 0.896. The molecule has 0 amide bonds. The Morgan fingerprint density at radius 3 is 2.26 bits per heavy atom. The van der Waals surface area contributed by atoms with Gasteiger partial charge in [0, 0.05) is 12.5 Å². The molecule has 2 rings (SSSR count). The number of aliphatic hydroxyl groups is 1. The van der Waals surface area contributed by atoms with E-state index < -0.39 is 17.7 Å². The highest BCUT2D eigenvalue weighted by atomic mass is 19.1. The molecule has 100 valence electrons. The third kappa shape index (κ3) is 4.03. The summed E-state index contributed by atoms with van der Waals surface area (Å²) >= 11 is 0. The highest BCUT2D eigenvalue weighted by Crippen LogP contribution is 2.19. The lowest BCUT2D eigenvalue weighted by Gasteiger charge is -2.12. The van der Waals surface area contributed by atoms with Crippen LogP contribution in [0.5, 0.6) is 5.75 Å². The number of ether oxygens (including phenoxy) is 1. The Kier molecular flexibility index (Phi) is 4.47. The first-order valence-corrected chi connectivity index (χ1v) is 5.97. The highest BCUT2D eigenvalue weighted by molar-refractivity contribution is 5.22. The molecule has 1 N–H and O–H groups in total. The molecular formula is C15H14F2O2. The predicted octanol–water partition coefficient (Wildman–Crippen LogP) is 3.47. The molecular weight excluding hydrogens is 250 g/mol. The van der Waals surface area contributed by atoms with Gasteiger partial charge in [0.15, 0.2) is 0 Å². The molecule has 2 aromatic carbocycles. The molecule has 0 aliphatic rings. The maximum absolute atomic E-state index is 13.0. The van der Waals surface area contributed by atoms with Gasteiger partial charge in [-0.15, -0.1) is 0 Å². The first-order chi connectivity index (χ1) is 9.15. The molecule has 1 unspecified atom stereocenters. The van der Waals surface area contributed by atoms with Crippen molar-refractivity contribution in [3.8, 4) is 5.75 Å². The Bertz CT molecular complexity index is 509. The smallest absolute Gasteiger partial charge is 0.126 e. The number of para-hydroxylation sites is 1. The normalized spacial score (nSPS) is 12.2. The lowest BCUT2D eigenvalue weighted by atomic mass is 10.1. The van der Waals surface area contributed by atoms with E-state index >= 15 is 0 Å². The van der Waals surface area contributed by atoms with E-state index in [2.05, 4.69) is 0 Å². The van der Waals surface area contributed by atoms with Crippen molar-refractivity contribution in [2.75, 3.05) is 6.61 Å². The molecule has 0 spiro atoms. The largest absolute Gasteiger partial charge is 0.493 e. The second-order valence-electron chi connectivity index (χ2n) is 4.17. The number of benzene rings is 2. The van der Waals surface area contributed by atoms with Crippen LogP contribution in [0.25, 0.3) is 0 Å². The van der Waals surface area contributed by atoms with Crippen molar-refractivity contribution in [3.63, 3.8) is 0 Å². The monoisotopic (exact) mass is 264 g/mol. The minimum atomic E-state index is -0.950. The fraction of sp³-hybridized carbons (Fsp3) is 0.200. The summed E-state index contributed by atoms with van der Waals surface area (Å²) < 4.78 is 31.4. The summed E-state index contributed by atoms with van der Waals surface area (Å²) in [5.41, 5.74) is 0.217. The number of halogens is 2. The van der Waals surface area contributed by atoms with Crippen LogP contribution in [0.2, 0.25) is 0 Å². The third-order valence-electron chi connectivity index (χ3n) is 2.67. The summed E-state index contributed by atoms with van der Waals surface area (Å²) in [4.78, 5) is 0. The first kappa shape index (κ1) is 13.5. The number of hydrogen-bond donors (Lipinski definition) is 1. The second kappa shape index (κ2) is 6.29. The van der Waals surface area contributed by atoms with Crippen molar-refractivity contribution in [2.24, 2.45) is 0 Å². The van der Waals surface area contributed by atoms with Crippen LogP contribution in [0.1, 0.15) is 18.1 Å². The number of aliphatic hydroxyl groups excluding tert-OH is 1. The van der Waals surface area contributed by atoms with E-state index in [1.807, 2.05) is 18.2 Å². The van der Waals surface area contributed by atoms with Crippen molar-refractivity contribution in [1.29, 1.82) is 0 Å². The maximum Gasteiger partial charge on any atom is 0.126 e. The van der Waals surface area contributed by atoms with Crippen molar-refractivity contribution in [2.45, 2.75) is 12.5 Å². The van der Waals surface area contributed by atoms with Gasteiger partial charge in [-0.25, -0.2) is 8.78 Å². The molecule has 2 nitrogen and oxygen atoms in total. The summed E-state index contributed by atoms with van der Waals surface area (Å²) in [5.74, 6) is -0.698. The van der Waals surface area contributed by atoms with Crippen LogP contribution in [0.3, 0.4) is 0 Å². The predicted molar refractivity (Wildman–Crippen MR) is 67.9 cm³/mol. The summed E-state index contributed by atoms with van der Waals surface area (Å²) in [7, 11) is 0. The van der Waals surface area contributed by atoms with Gasteiger partial charge in [0.05, 0.1) is 12.7 Å². The molecule has 1 atom stereocenters. The van der Waals surface area contributed by atoms with Crippen LogP contribution in [0, 0.1) is 11.6 Å². The van der Waals surface area contributed by atoms with Gasteiger partial charge in [-0.3, -0.25) is 0 Å². The third-order valence-corrected chi connectivity index (χ3v) is 2.67. The fourth-order valence-electron chi connectivity index (χ4n) is 1.74. The van der Waals surface area contributed by atoms with E-state index in [1.54, 1.807) is 12.1 Å². The van der Waals surface area contributed by atoms with E-state index in [9.17, 15) is 13.9 Å². The van der Waals surface area contributed by atoms with E-state index in [0.29, 0.717) is 5.75 Å². The van der Waals surface area contributed by atoms with Gasteiger partial charge in [0.1, 0.15) is 17.4 Å². The van der Waals surface area contributed by atoms with Crippen LogP contribution in [0.4, 0.5) is 8.78 Å². The number of hydrogen-bond acceptors (Lipinski definition) is 2. The lowest BCUT2D eigenvalue weighted by Crippen LogP contribution is -2.06. The highest BCUT2D eigenvalue weighted by Gasteiger charge is 2.10. The van der Waals surface area contributed by atoms with E-state index in [1.165, 1.54) is 0 Å². The minimum Gasteiger partial charge on any atom is -0.493 e. The van der Waals surface area contributed by atoms with Crippen molar-refractivity contribution < 1.29 is 18.6 Å². The Morgan fingerprint density at radius 2 is 1.63 bits per heavy atom. The van der Waals surface area contributed by atoms with Crippen molar-refractivity contribution >= 4 is 0 Å². The van der Waals surface area contributed by atoms with Crippen molar-refractivity contribution in [1.82, 2.24) is 0 Å². The van der Waals surface area contributed by atoms with Crippen LogP contribution in [0.15, 0.2) is 48.5 Å². The molecule has 0 saturated carbocycles. The van der Waals surface area contributed by atoms with E-state index in [4.69, 9.17) is 4.74 Å². The molecule has 19 heavy (non-hydrogen) atoms. The molecule has 0 bridgehead atoms. The van der Waals surface area contributed by atoms with Crippen LogP contribution >= 0.6 is 0 Å². The Hall–Kier alpha value is -1.94. The zero-order chi connectivity index (χ0) is 13.7. The summed E-state index contributed by atoms with van der Waals surface area (Å²) in [6.07, 6.45) is -0.688. The zero-order valence-corrected chi connectivity index (χ0v) is 10.2. The van der Waals surface area contributed by atoms with Gasteiger partial charge in [-0.2, -0.15) is 0 Å². The van der Waals surface area contributed by atoms with Gasteiger partial charge in [-0.05, 0) is 29.8 Å². The molecule has 2 aromatic rings. The molecule has 0 aromatic heterocycles. The molecule has 4 heteroatoms. The standard InChI is InChI=1S/C15H14F2O2/c16-12-8-11(9-13(17)10-12)15(18)6-7-19-14-4-2-1-3-5-14/h1-5,8-10,15,18H,6-7H2. The van der Waals surface area contributed by atoms with E-state index in [0.717, 1.165) is 18.2 Å². The summed E-state index contributed by atoms with van der Waals surface area (Å²) in [5, 5.41) is 9.83. The molecule has 0 aliphatic carbocycles. The zero-order valence-electron chi connectivity index (χ0n) is 10.2. The molecule has 0 aliphatic heterocycles. The lowest BCUT2D eigenvalue weighted by molar-refractivity contribution is 0.140. The average Bonchev–Trinajstić information content (AvgIpc) is 2.38. The second-order valence-corrected chi connectivity index (χ2v) is 4.17. The summed E-state index contributed by atoms with van der Waals surface area (Å²) in [6, 6.07) is 12.2. The van der Waals surface area contributed by atoms with Crippen LogP contribution in [-0.2, 0) is 0 Å². The van der Waals surface area contributed by atoms with Crippen LogP contribution < -0.4 is 4.74 Å². The Balaban J connectivity index is 1.89. The van der Waals surface area contributed by atoms with Gasteiger partial charge in [-0.1, -0.05) is 18.2 Å². The SMILES string of the molecule is OC(CCOc1ccccc1)c1cc(F)cc(F)c1. The van der Waals surface area contributed by atoms with Crippen molar-refractivity contribution in [3.05, 3.63) is 65.7 Å². The Labute approximate surface area is 110 Å². The molecule has 0 radical (unpaired) electrons. The van der Waals surface area contributed by atoms with Gasteiger partial charge >= 0.3 is 0 Å². The van der Waals surface area contributed by atoms with Gasteiger partial charge < -0.3 is 9.84 Å². The summed E-state index contributed by atoms with van der Waals surface area (Å²) in [6.45, 7) is 0.267. The molecule has 0 heterocycles. The van der Waals surface area contributed by atoms with Crippen LogP contribution in [-0.4, -0.2) is 11.7 Å². The van der Waals surface area contributed by atoms with Gasteiger partial charge in [0.25, 0.3) is 0 Å². The average molecular weight is 264 g/mol. The molecule has 0 saturated heterocycles. The van der Waals surface area contributed by atoms with E-state index in [-0.39, 0.29) is 18.6 Å². The number of rotatable bonds is 5. The Morgan fingerprint density at radius 1 is 1.00 bits per heavy atom. The topological polar surface area (TPSA) is 29.5 Å². The van der Waals surface area contributed by atoms with Gasteiger partial charge in [0.2, 0.25) is 0 Å². The first-order valence-electron chi connectivity index (χ1n) is 5.97. The maximum atomic E-state index is 13.0. The molecule has 0 fully saturated rings.